The molecule has 4 aliphatic rings. The van der Waals surface area contributed by atoms with Crippen molar-refractivity contribution < 1.29 is 114 Å². The Morgan fingerprint density at radius 3 is 1.22 bits per heavy atom. The standard InChI is InChI=1S/C66H121N3O23/c1-5-7-9-11-13-15-17-19-20-21-22-24-26-28-30-32-34-36-50(77)69-44(45(76)35-33-31-29-27-25-23-18-16-14-12-10-8-6-2)41-85-65-58(83)57(82)60(48(39-72)88-65)90-66-59(84)62(92-64-52(68-43(4)75)56(81)54(79)47(38-71)87-64)61(49(40-73)89-66)91-63-51(67-42(3)74)55(80)53(78)46(37-70)86-63/h33,35,44-49,51-66,70-73,76,78-84H,5-32,34,36-41H2,1-4H3,(H,67,74)(H,68,75)(H,69,77)/b35-33+/t44-,45+,46?,47?,48?,49?,51?,52?,53-,54+,55+,56+,57+,58?,59?,60+,61-,62+,63-,64-,65+,66-/m0/s1. The quantitative estimate of drug-likeness (QED) is 0.0307. The predicted molar refractivity (Wildman–Crippen MR) is 338 cm³/mol. The zero-order chi connectivity index (χ0) is 67.4. The fourth-order valence-electron chi connectivity index (χ4n) is 12.5. The van der Waals surface area contributed by atoms with Crippen molar-refractivity contribution in [3.63, 3.8) is 0 Å². The summed E-state index contributed by atoms with van der Waals surface area (Å²) in [5, 5.41) is 141. The molecule has 0 aliphatic carbocycles. The van der Waals surface area contributed by atoms with E-state index >= 15 is 0 Å². The summed E-state index contributed by atoms with van der Waals surface area (Å²) in [5.41, 5.74) is 0. The highest BCUT2D eigenvalue weighted by Crippen LogP contribution is 2.36. The number of aliphatic hydroxyl groups is 12. The van der Waals surface area contributed by atoms with Gasteiger partial charge in [-0.25, -0.2) is 0 Å². The molecule has 3 amide bonds. The Hall–Kier alpha value is -2.65. The van der Waals surface area contributed by atoms with Crippen LogP contribution >= 0.6 is 0 Å². The number of nitrogens with one attached hydrogen (secondary N) is 3. The first kappa shape index (κ1) is 81.8. The van der Waals surface area contributed by atoms with Crippen molar-refractivity contribution in [1.82, 2.24) is 16.0 Å². The molecule has 0 radical (unpaired) electrons. The van der Waals surface area contributed by atoms with E-state index in [1.54, 1.807) is 6.08 Å². The number of hydrogen-bond acceptors (Lipinski definition) is 23. The zero-order valence-electron chi connectivity index (χ0n) is 55.5. The third kappa shape index (κ3) is 28.1. The van der Waals surface area contributed by atoms with Crippen molar-refractivity contribution in [2.45, 2.75) is 355 Å². The Balaban J connectivity index is 1.45. The number of unbranched alkanes of at least 4 members (excludes halogenated alkanes) is 27. The van der Waals surface area contributed by atoms with Crippen molar-refractivity contribution >= 4 is 17.7 Å². The summed E-state index contributed by atoms with van der Waals surface area (Å²) in [5.74, 6) is -1.80. The highest BCUT2D eigenvalue weighted by molar-refractivity contribution is 5.76. The van der Waals surface area contributed by atoms with Crippen molar-refractivity contribution in [3.05, 3.63) is 12.2 Å². The van der Waals surface area contributed by atoms with Crippen LogP contribution in [0.25, 0.3) is 0 Å². The maximum absolute atomic E-state index is 13.5. The van der Waals surface area contributed by atoms with Crippen LogP contribution in [0.3, 0.4) is 0 Å². The Morgan fingerprint density at radius 1 is 0.424 bits per heavy atom. The lowest BCUT2D eigenvalue weighted by molar-refractivity contribution is -0.391. The number of allylic oxidation sites excluding steroid dienone is 1. The normalized spacial score (nSPS) is 32.6. The van der Waals surface area contributed by atoms with Crippen LogP contribution in [-0.2, 0) is 52.3 Å². The number of carbonyl (C=O) groups is 3. The second kappa shape index (κ2) is 46.5. The van der Waals surface area contributed by atoms with Gasteiger partial charge in [-0.3, -0.25) is 14.4 Å². The van der Waals surface area contributed by atoms with Gasteiger partial charge in [0.2, 0.25) is 17.7 Å². The van der Waals surface area contributed by atoms with Gasteiger partial charge in [0.15, 0.2) is 25.2 Å². The highest BCUT2D eigenvalue weighted by Gasteiger charge is 2.57. The number of amides is 3. The van der Waals surface area contributed by atoms with E-state index in [-0.39, 0.29) is 12.3 Å². The number of rotatable bonds is 48. The van der Waals surface area contributed by atoms with Crippen LogP contribution < -0.4 is 16.0 Å². The smallest absolute Gasteiger partial charge is 0.220 e. The topological polar surface area (TPSA) is 404 Å². The van der Waals surface area contributed by atoms with Crippen LogP contribution in [0.2, 0.25) is 0 Å². The van der Waals surface area contributed by atoms with Crippen LogP contribution in [0.5, 0.6) is 0 Å². The number of hydrogen-bond donors (Lipinski definition) is 15. The highest BCUT2D eigenvalue weighted by atomic mass is 16.8. The molecule has 4 aliphatic heterocycles. The SMILES string of the molecule is CCCCCCCCCCCCC/C=C/[C@@H](O)[C@H](CO[C@@H]1OC(CO)[C@@H](O[C@@H]2OC(CO)[C@H](O[C@@H]3OC(CO)[C@H](O)[C@H](O)C3NC(C)=O)[C@H](O[C@@H]3OC(CO)[C@@H](O)[C@H](O)C3NC(C)=O)C2O)[C@H](O)C1O)NC(=O)CCCCCCCCCCCCCCCCCCC. The molecule has 15 N–H and O–H groups in total. The monoisotopic (exact) mass is 1320 g/mol. The first-order chi connectivity index (χ1) is 44.3. The molecule has 22 atom stereocenters. The fourth-order valence-corrected chi connectivity index (χ4v) is 12.5. The lowest BCUT2D eigenvalue weighted by Crippen LogP contribution is -2.70. The van der Waals surface area contributed by atoms with Gasteiger partial charge in [-0.15, -0.1) is 0 Å². The van der Waals surface area contributed by atoms with E-state index in [4.69, 9.17) is 37.9 Å². The Kier molecular flexibility index (Phi) is 41.4. The molecular weight excluding hydrogens is 1200 g/mol. The molecule has 8 unspecified atom stereocenters. The van der Waals surface area contributed by atoms with E-state index in [1.807, 2.05) is 6.08 Å². The molecule has 4 fully saturated rings. The largest absolute Gasteiger partial charge is 0.394 e. The molecular formula is C66H121N3O23. The van der Waals surface area contributed by atoms with E-state index in [0.29, 0.717) is 12.8 Å². The van der Waals surface area contributed by atoms with Crippen LogP contribution in [-0.4, -0.2) is 247 Å². The van der Waals surface area contributed by atoms with Gasteiger partial charge in [-0.2, -0.15) is 0 Å². The molecule has 92 heavy (non-hydrogen) atoms. The fraction of sp³-hybridized carbons (Fsp3) is 0.924. The molecule has 0 bridgehead atoms. The van der Waals surface area contributed by atoms with E-state index in [1.165, 1.54) is 128 Å². The summed E-state index contributed by atoms with van der Waals surface area (Å²) in [6.07, 6.45) is 3.83. The molecule has 0 spiro atoms. The van der Waals surface area contributed by atoms with Gasteiger partial charge in [-0.1, -0.05) is 193 Å². The molecule has 0 aromatic carbocycles. The van der Waals surface area contributed by atoms with Gasteiger partial charge in [0.25, 0.3) is 0 Å². The maximum atomic E-state index is 13.5. The minimum atomic E-state index is -2.18. The molecule has 26 heteroatoms. The molecule has 0 saturated carbocycles. The summed E-state index contributed by atoms with van der Waals surface area (Å²) in [6.45, 7) is 2.54. The molecule has 0 aromatic rings. The maximum Gasteiger partial charge on any atom is 0.220 e. The van der Waals surface area contributed by atoms with E-state index in [9.17, 15) is 75.7 Å². The van der Waals surface area contributed by atoms with Gasteiger partial charge in [0.1, 0.15) is 97.5 Å². The summed E-state index contributed by atoms with van der Waals surface area (Å²) in [6, 6.07) is -4.26. The van der Waals surface area contributed by atoms with Gasteiger partial charge in [-0.05, 0) is 19.3 Å². The Morgan fingerprint density at radius 2 is 0.793 bits per heavy atom. The van der Waals surface area contributed by atoms with Gasteiger partial charge in [0.05, 0.1) is 45.2 Å². The minimum Gasteiger partial charge on any atom is -0.394 e. The molecule has 4 heterocycles. The van der Waals surface area contributed by atoms with Gasteiger partial charge in [0, 0.05) is 20.3 Å². The zero-order valence-corrected chi connectivity index (χ0v) is 55.5. The second-order valence-corrected chi connectivity index (χ2v) is 25.7. The predicted octanol–water partition coefficient (Wildman–Crippen LogP) is 2.71. The van der Waals surface area contributed by atoms with Crippen molar-refractivity contribution in [2.24, 2.45) is 0 Å². The summed E-state index contributed by atoms with van der Waals surface area (Å²) < 4.78 is 48.2. The Bertz CT molecular complexity index is 1990. The molecule has 26 nitrogen and oxygen atoms in total. The average molecular weight is 1320 g/mol. The molecule has 4 saturated heterocycles. The van der Waals surface area contributed by atoms with Gasteiger partial charge < -0.3 is 115 Å². The third-order valence-electron chi connectivity index (χ3n) is 18.0. The van der Waals surface area contributed by atoms with Crippen molar-refractivity contribution in [3.8, 4) is 0 Å². The number of ether oxygens (including phenoxy) is 8. The summed E-state index contributed by atoms with van der Waals surface area (Å²) in [4.78, 5) is 38.3. The van der Waals surface area contributed by atoms with Crippen molar-refractivity contribution in [2.75, 3.05) is 33.0 Å². The van der Waals surface area contributed by atoms with Crippen molar-refractivity contribution in [1.29, 1.82) is 0 Å². The van der Waals surface area contributed by atoms with E-state index in [0.717, 1.165) is 58.8 Å². The van der Waals surface area contributed by atoms with Crippen LogP contribution in [0.15, 0.2) is 12.2 Å². The third-order valence-corrected chi connectivity index (χ3v) is 18.0. The first-order valence-corrected chi connectivity index (χ1v) is 34.9. The second-order valence-electron chi connectivity index (χ2n) is 25.7. The molecule has 0 aromatic heterocycles. The minimum absolute atomic E-state index is 0.198. The van der Waals surface area contributed by atoms with E-state index in [2.05, 4.69) is 29.8 Å². The van der Waals surface area contributed by atoms with Crippen LogP contribution in [0.4, 0.5) is 0 Å². The average Bonchev–Trinajstić information content (AvgIpc) is 0.988. The first-order valence-electron chi connectivity index (χ1n) is 34.9. The molecule has 538 valence electrons. The van der Waals surface area contributed by atoms with Crippen LogP contribution in [0.1, 0.15) is 220 Å². The van der Waals surface area contributed by atoms with Crippen LogP contribution in [0, 0.1) is 0 Å². The summed E-state index contributed by atoms with van der Waals surface area (Å²) in [7, 11) is 0. The van der Waals surface area contributed by atoms with Gasteiger partial charge >= 0.3 is 0 Å². The molecule has 4 rings (SSSR count). The van der Waals surface area contributed by atoms with E-state index < -0.39 is 180 Å². The lowest BCUT2D eigenvalue weighted by atomic mass is 9.94. The lowest BCUT2D eigenvalue weighted by Gasteiger charge is -2.51. The number of carbonyl (C=O) groups excluding carboxylic acids is 3. The number of aliphatic hydroxyl groups excluding tert-OH is 12. The summed E-state index contributed by atoms with van der Waals surface area (Å²) >= 11 is 0. The Labute approximate surface area is 545 Å².